The zero-order chi connectivity index (χ0) is 19.2. The Kier molecular flexibility index (Phi) is 7.16. The highest BCUT2D eigenvalue weighted by Gasteiger charge is 2.18. The molecule has 1 aromatic rings. The van der Waals surface area contributed by atoms with E-state index in [1.54, 1.807) is 18.7 Å². The fraction of sp³-hybridized carbons (Fsp3) is 0.556. The first-order chi connectivity index (χ1) is 12.3. The van der Waals surface area contributed by atoms with Crippen LogP contribution in [-0.2, 0) is 14.8 Å². The zero-order valence-corrected chi connectivity index (χ0v) is 16.1. The van der Waals surface area contributed by atoms with Crippen molar-refractivity contribution in [2.45, 2.75) is 50.5 Å². The van der Waals surface area contributed by atoms with Gasteiger partial charge in [-0.25, -0.2) is 13.1 Å². The summed E-state index contributed by atoms with van der Waals surface area (Å²) in [4.78, 5) is 26.3. The molecule has 0 atom stereocenters. The summed E-state index contributed by atoms with van der Waals surface area (Å²) in [6.07, 6.45) is 4.27. The average Bonchev–Trinajstić information content (AvgIpc) is 2.88. The van der Waals surface area contributed by atoms with E-state index in [-0.39, 0.29) is 23.4 Å². The first-order valence-corrected chi connectivity index (χ1v) is 10.5. The maximum atomic E-state index is 12.2. The minimum absolute atomic E-state index is 0.0478. The Balaban J connectivity index is 1.92. The van der Waals surface area contributed by atoms with Gasteiger partial charge in [0.25, 0.3) is 5.91 Å². The maximum Gasteiger partial charge on any atom is 0.251 e. The van der Waals surface area contributed by atoms with Crippen LogP contribution < -0.4 is 10.0 Å². The van der Waals surface area contributed by atoms with Crippen LogP contribution in [0.5, 0.6) is 0 Å². The van der Waals surface area contributed by atoms with Crippen LogP contribution in [0.4, 0.5) is 0 Å². The highest BCUT2D eigenvalue weighted by Crippen LogP contribution is 2.12. The molecule has 0 unspecified atom stereocenters. The third-order valence-electron chi connectivity index (χ3n) is 4.18. The lowest BCUT2D eigenvalue weighted by molar-refractivity contribution is -0.130. The summed E-state index contributed by atoms with van der Waals surface area (Å²) in [5, 5.41) is 2.61. The van der Waals surface area contributed by atoms with Gasteiger partial charge < -0.3 is 10.2 Å². The first-order valence-electron chi connectivity index (χ1n) is 8.98. The summed E-state index contributed by atoms with van der Waals surface area (Å²) in [5.74, 6) is -0.477. The summed E-state index contributed by atoms with van der Waals surface area (Å²) >= 11 is 0. The smallest absolute Gasteiger partial charge is 0.251 e. The summed E-state index contributed by atoms with van der Waals surface area (Å²) in [6, 6.07) is 5.45. The van der Waals surface area contributed by atoms with Crippen LogP contribution in [0, 0.1) is 0 Å². The molecule has 1 fully saturated rings. The van der Waals surface area contributed by atoms with Crippen LogP contribution in [0.1, 0.15) is 49.9 Å². The minimum atomic E-state index is -3.59. The van der Waals surface area contributed by atoms with Gasteiger partial charge in [-0.15, -0.1) is 0 Å². The van der Waals surface area contributed by atoms with Crippen molar-refractivity contribution in [2.75, 3.05) is 19.6 Å². The molecule has 0 aliphatic carbocycles. The van der Waals surface area contributed by atoms with E-state index in [9.17, 15) is 18.0 Å². The van der Waals surface area contributed by atoms with E-state index >= 15 is 0 Å². The molecule has 26 heavy (non-hydrogen) atoms. The van der Waals surface area contributed by atoms with Gasteiger partial charge in [0.05, 0.1) is 11.4 Å². The topological polar surface area (TPSA) is 95.6 Å². The number of rotatable bonds is 6. The Labute approximate surface area is 155 Å². The van der Waals surface area contributed by atoms with Gasteiger partial charge in [-0.05, 0) is 51.0 Å². The second kappa shape index (κ2) is 9.14. The maximum absolute atomic E-state index is 12.2. The van der Waals surface area contributed by atoms with Crippen molar-refractivity contribution in [1.82, 2.24) is 14.9 Å². The van der Waals surface area contributed by atoms with Crippen LogP contribution >= 0.6 is 0 Å². The minimum Gasteiger partial charge on any atom is -0.343 e. The quantitative estimate of drug-likeness (QED) is 0.781. The van der Waals surface area contributed by atoms with Crippen molar-refractivity contribution in [3.05, 3.63) is 29.8 Å². The largest absolute Gasteiger partial charge is 0.343 e. The van der Waals surface area contributed by atoms with Gasteiger partial charge in [0, 0.05) is 24.7 Å². The number of sulfonamides is 1. The number of benzene rings is 1. The number of amides is 2. The SMILES string of the molecule is CC(C)NS(=O)(=O)c1ccc(C(=O)NCC(=O)N2CCCCCC2)cc1. The fourth-order valence-electron chi connectivity index (χ4n) is 2.85. The van der Waals surface area contributed by atoms with Gasteiger partial charge in [-0.3, -0.25) is 9.59 Å². The number of carbonyl (C=O) groups is 2. The second-order valence-corrected chi connectivity index (χ2v) is 8.49. The molecule has 2 rings (SSSR count). The summed E-state index contributed by atoms with van der Waals surface area (Å²) in [7, 11) is -3.59. The van der Waals surface area contributed by atoms with Crippen LogP contribution in [0.25, 0.3) is 0 Å². The molecule has 2 amide bonds. The van der Waals surface area contributed by atoms with Gasteiger partial charge in [0.1, 0.15) is 0 Å². The van der Waals surface area contributed by atoms with Crippen molar-refractivity contribution < 1.29 is 18.0 Å². The van der Waals surface area contributed by atoms with Crippen LogP contribution in [-0.4, -0.2) is 50.8 Å². The number of carbonyl (C=O) groups excluding carboxylic acids is 2. The molecular formula is C18H27N3O4S. The number of nitrogens with zero attached hydrogens (tertiary/aromatic N) is 1. The monoisotopic (exact) mass is 381 g/mol. The van der Waals surface area contributed by atoms with Crippen LogP contribution in [0.15, 0.2) is 29.2 Å². The Morgan fingerprint density at radius 2 is 1.62 bits per heavy atom. The molecule has 1 aliphatic rings. The normalized spacial score (nSPS) is 15.6. The standard InChI is InChI=1S/C18H27N3O4S/c1-14(2)20-26(24,25)16-9-7-15(8-10-16)18(23)19-13-17(22)21-11-5-3-4-6-12-21/h7-10,14,20H,3-6,11-13H2,1-2H3,(H,19,23). The Bertz CT molecular complexity index is 721. The Hall–Kier alpha value is -1.93. The van der Waals surface area contributed by atoms with Gasteiger partial charge >= 0.3 is 0 Å². The molecule has 1 heterocycles. The van der Waals surface area contributed by atoms with E-state index in [2.05, 4.69) is 10.0 Å². The molecule has 1 aromatic carbocycles. The molecule has 2 N–H and O–H groups in total. The predicted molar refractivity (Wildman–Crippen MR) is 99.3 cm³/mol. The Morgan fingerprint density at radius 3 is 2.15 bits per heavy atom. The molecule has 144 valence electrons. The van der Waals surface area contributed by atoms with E-state index in [1.165, 1.54) is 24.3 Å². The molecule has 0 spiro atoms. The lowest BCUT2D eigenvalue weighted by Crippen LogP contribution is -2.40. The predicted octanol–water partition coefficient (Wildman–Crippen LogP) is 1.51. The summed E-state index contributed by atoms with van der Waals surface area (Å²) in [5.41, 5.74) is 0.317. The highest BCUT2D eigenvalue weighted by molar-refractivity contribution is 7.89. The zero-order valence-electron chi connectivity index (χ0n) is 15.3. The number of hydrogen-bond acceptors (Lipinski definition) is 4. The molecule has 0 saturated carbocycles. The molecule has 0 aromatic heterocycles. The fourth-order valence-corrected chi connectivity index (χ4v) is 4.10. The molecule has 8 heteroatoms. The van der Waals surface area contributed by atoms with E-state index in [0.717, 1.165) is 38.8 Å². The number of likely N-dealkylation sites (tertiary alicyclic amines) is 1. The van der Waals surface area contributed by atoms with Crippen molar-refractivity contribution in [1.29, 1.82) is 0 Å². The Morgan fingerprint density at radius 1 is 1.04 bits per heavy atom. The van der Waals surface area contributed by atoms with Crippen molar-refractivity contribution in [2.24, 2.45) is 0 Å². The molecule has 0 bridgehead atoms. The number of nitrogens with one attached hydrogen (secondary N) is 2. The number of hydrogen-bond donors (Lipinski definition) is 2. The van der Waals surface area contributed by atoms with Gasteiger partial charge in [-0.2, -0.15) is 0 Å². The van der Waals surface area contributed by atoms with E-state index in [0.29, 0.717) is 5.56 Å². The van der Waals surface area contributed by atoms with Crippen molar-refractivity contribution in [3.8, 4) is 0 Å². The summed E-state index contributed by atoms with van der Waals surface area (Å²) in [6.45, 7) is 4.91. The van der Waals surface area contributed by atoms with Gasteiger partial charge in [0.15, 0.2) is 0 Å². The van der Waals surface area contributed by atoms with E-state index in [1.807, 2.05) is 0 Å². The molecule has 1 aliphatic heterocycles. The van der Waals surface area contributed by atoms with Crippen LogP contribution in [0.2, 0.25) is 0 Å². The highest BCUT2D eigenvalue weighted by atomic mass is 32.2. The van der Waals surface area contributed by atoms with E-state index < -0.39 is 15.9 Å². The molecule has 7 nitrogen and oxygen atoms in total. The first kappa shape index (κ1) is 20.4. The van der Waals surface area contributed by atoms with Crippen molar-refractivity contribution >= 4 is 21.8 Å². The van der Waals surface area contributed by atoms with Crippen molar-refractivity contribution in [3.63, 3.8) is 0 Å². The molecular weight excluding hydrogens is 354 g/mol. The van der Waals surface area contributed by atoms with Crippen LogP contribution in [0.3, 0.4) is 0 Å². The second-order valence-electron chi connectivity index (χ2n) is 6.78. The van der Waals surface area contributed by atoms with Gasteiger partial charge in [-0.1, -0.05) is 12.8 Å². The third kappa shape index (κ3) is 5.81. The average molecular weight is 381 g/mol. The molecule has 0 radical (unpaired) electrons. The molecule has 1 saturated heterocycles. The summed E-state index contributed by atoms with van der Waals surface area (Å²) < 4.78 is 26.6. The third-order valence-corrected chi connectivity index (χ3v) is 5.85. The lowest BCUT2D eigenvalue weighted by Gasteiger charge is -2.20. The van der Waals surface area contributed by atoms with E-state index in [4.69, 9.17) is 0 Å². The lowest BCUT2D eigenvalue weighted by atomic mass is 10.2. The van der Waals surface area contributed by atoms with Gasteiger partial charge in [0.2, 0.25) is 15.9 Å².